The number of unbranched alkanes of at least 4 members (excludes halogenated alkanes) is 2. The maximum atomic E-state index is 10.7. The minimum Gasteiger partial charge on any atom is -0.507 e. The standard InChI is InChI=1S/C23H31NO2/c1-5-6-7-8-16(2)9-10-17-13-20(25)22-18-15-24-12-11-19(18)23(3,4)26-21(22)14-17/h11-16,25H,5-10H2,1-4H3. The summed E-state index contributed by atoms with van der Waals surface area (Å²) in [6.45, 7) is 8.70. The molecule has 0 bridgehead atoms. The van der Waals surface area contributed by atoms with Gasteiger partial charge in [0.2, 0.25) is 0 Å². The number of hydrogen-bond donors (Lipinski definition) is 1. The molecule has 3 nitrogen and oxygen atoms in total. The molecule has 0 spiro atoms. The van der Waals surface area contributed by atoms with E-state index in [4.69, 9.17) is 4.74 Å². The van der Waals surface area contributed by atoms with Crippen molar-refractivity contribution in [2.45, 2.75) is 71.8 Å². The van der Waals surface area contributed by atoms with Crippen molar-refractivity contribution in [3.63, 3.8) is 0 Å². The predicted molar refractivity (Wildman–Crippen MR) is 107 cm³/mol. The van der Waals surface area contributed by atoms with Crippen molar-refractivity contribution < 1.29 is 9.84 Å². The average Bonchev–Trinajstić information content (AvgIpc) is 2.59. The van der Waals surface area contributed by atoms with Gasteiger partial charge in [-0.1, -0.05) is 39.5 Å². The molecule has 3 rings (SSSR count). The molecule has 0 saturated carbocycles. The van der Waals surface area contributed by atoms with Gasteiger partial charge in [-0.05, 0) is 56.4 Å². The Morgan fingerprint density at radius 3 is 2.77 bits per heavy atom. The van der Waals surface area contributed by atoms with Crippen LogP contribution in [0.3, 0.4) is 0 Å². The van der Waals surface area contributed by atoms with E-state index in [1.165, 1.54) is 25.7 Å². The lowest BCUT2D eigenvalue weighted by molar-refractivity contribution is 0.105. The Bertz CT molecular complexity index is 767. The lowest BCUT2D eigenvalue weighted by Crippen LogP contribution is -2.29. The van der Waals surface area contributed by atoms with E-state index in [0.29, 0.717) is 11.7 Å². The first kappa shape index (κ1) is 18.8. The lowest BCUT2D eigenvalue weighted by Gasteiger charge is -2.35. The number of ether oxygens (including phenoxy) is 1. The van der Waals surface area contributed by atoms with Crippen LogP contribution in [0.4, 0.5) is 0 Å². The minimum atomic E-state index is -0.427. The summed E-state index contributed by atoms with van der Waals surface area (Å²) < 4.78 is 6.27. The number of phenolic OH excluding ortho intramolecular Hbond substituents is 1. The average molecular weight is 354 g/mol. The number of benzene rings is 1. The number of rotatable bonds is 7. The molecule has 0 fully saturated rings. The molecular weight excluding hydrogens is 322 g/mol. The molecule has 0 aliphatic carbocycles. The Kier molecular flexibility index (Phi) is 5.55. The molecular formula is C23H31NO2. The Hall–Kier alpha value is -2.03. The summed E-state index contributed by atoms with van der Waals surface area (Å²) in [6, 6.07) is 5.98. The molecule has 1 N–H and O–H groups in total. The van der Waals surface area contributed by atoms with Crippen LogP contribution in [0, 0.1) is 5.92 Å². The third-order valence-corrected chi connectivity index (χ3v) is 5.47. The molecule has 1 aliphatic rings. The van der Waals surface area contributed by atoms with Crippen LogP contribution in [0.2, 0.25) is 0 Å². The molecule has 140 valence electrons. The largest absolute Gasteiger partial charge is 0.507 e. The fourth-order valence-electron chi connectivity index (χ4n) is 3.90. The van der Waals surface area contributed by atoms with Crippen LogP contribution in [0.15, 0.2) is 30.6 Å². The van der Waals surface area contributed by atoms with Gasteiger partial charge < -0.3 is 9.84 Å². The lowest BCUT2D eigenvalue weighted by atomic mass is 9.86. The molecule has 0 amide bonds. The van der Waals surface area contributed by atoms with Gasteiger partial charge in [-0.25, -0.2) is 0 Å². The summed E-state index contributed by atoms with van der Waals surface area (Å²) in [4.78, 5) is 4.25. The molecule has 1 atom stereocenters. The number of aromatic nitrogens is 1. The number of aryl methyl sites for hydroxylation is 1. The second-order valence-electron chi connectivity index (χ2n) is 8.16. The highest BCUT2D eigenvalue weighted by Gasteiger charge is 2.34. The summed E-state index contributed by atoms with van der Waals surface area (Å²) >= 11 is 0. The molecule has 1 aromatic carbocycles. The quantitative estimate of drug-likeness (QED) is 0.600. The van der Waals surface area contributed by atoms with Gasteiger partial charge in [-0.3, -0.25) is 4.98 Å². The van der Waals surface area contributed by atoms with E-state index in [-0.39, 0.29) is 0 Å². The molecule has 2 aromatic rings. The summed E-state index contributed by atoms with van der Waals surface area (Å²) in [5.41, 5.74) is 3.52. The SMILES string of the molecule is CCCCCC(C)CCc1cc(O)c2c(c1)OC(C)(C)c1ccncc1-2. The van der Waals surface area contributed by atoms with Gasteiger partial charge >= 0.3 is 0 Å². The zero-order valence-corrected chi connectivity index (χ0v) is 16.5. The molecule has 1 aromatic heterocycles. The fraction of sp³-hybridized carbons (Fsp3) is 0.522. The highest BCUT2D eigenvalue weighted by molar-refractivity contribution is 5.81. The highest BCUT2D eigenvalue weighted by atomic mass is 16.5. The molecule has 0 saturated heterocycles. The highest BCUT2D eigenvalue weighted by Crippen LogP contribution is 2.49. The van der Waals surface area contributed by atoms with E-state index in [9.17, 15) is 5.11 Å². The van der Waals surface area contributed by atoms with Gasteiger partial charge in [-0.2, -0.15) is 0 Å². The van der Waals surface area contributed by atoms with Crippen molar-refractivity contribution in [2.24, 2.45) is 5.92 Å². The van der Waals surface area contributed by atoms with Crippen LogP contribution in [-0.4, -0.2) is 10.1 Å². The van der Waals surface area contributed by atoms with Crippen LogP contribution >= 0.6 is 0 Å². The topological polar surface area (TPSA) is 42.4 Å². The molecule has 2 heterocycles. The van der Waals surface area contributed by atoms with Crippen LogP contribution in [0.1, 0.15) is 70.9 Å². The summed E-state index contributed by atoms with van der Waals surface area (Å²) in [5.74, 6) is 1.77. The van der Waals surface area contributed by atoms with Gasteiger partial charge in [0, 0.05) is 23.5 Å². The third kappa shape index (κ3) is 3.87. The van der Waals surface area contributed by atoms with Crippen molar-refractivity contribution in [3.05, 3.63) is 41.7 Å². The Morgan fingerprint density at radius 2 is 2.00 bits per heavy atom. The molecule has 3 heteroatoms. The molecule has 26 heavy (non-hydrogen) atoms. The number of nitrogens with zero attached hydrogens (tertiary/aromatic N) is 1. The molecule has 0 radical (unpaired) electrons. The van der Waals surface area contributed by atoms with Gasteiger partial charge in [0.15, 0.2) is 0 Å². The Balaban J connectivity index is 1.81. The number of aromatic hydroxyl groups is 1. The van der Waals surface area contributed by atoms with Crippen molar-refractivity contribution >= 4 is 0 Å². The smallest absolute Gasteiger partial charge is 0.132 e. The maximum Gasteiger partial charge on any atom is 0.132 e. The van der Waals surface area contributed by atoms with Crippen molar-refractivity contribution in [2.75, 3.05) is 0 Å². The van der Waals surface area contributed by atoms with E-state index in [2.05, 4.69) is 38.7 Å². The van der Waals surface area contributed by atoms with E-state index < -0.39 is 5.60 Å². The van der Waals surface area contributed by atoms with E-state index in [1.54, 1.807) is 6.20 Å². The predicted octanol–water partition coefficient (Wildman–Crippen LogP) is 6.23. The van der Waals surface area contributed by atoms with Crippen LogP contribution in [0.25, 0.3) is 11.1 Å². The van der Waals surface area contributed by atoms with Crippen LogP contribution < -0.4 is 4.74 Å². The summed E-state index contributed by atoms with van der Waals surface area (Å²) in [6.07, 6.45) is 10.9. The normalized spacial score (nSPS) is 15.7. The van der Waals surface area contributed by atoms with Gasteiger partial charge in [0.05, 0.1) is 5.56 Å². The monoisotopic (exact) mass is 353 g/mol. The maximum absolute atomic E-state index is 10.7. The minimum absolute atomic E-state index is 0.292. The zero-order chi connectivity index (χ0) is 18.7. The second kappa shape index (κ2) is 7.69. The first-order valence-corrected chi connectivity index (χ1v) is 9.92. The number of hydrogen-bond acceptors (Lipinski definition) is 3. The van der Waals surface area contributed by atoms with Crippen LogP contribution in [-0.2, 0) is 12.0 Å². The number of phenols is 1. The van der Waals surface area contributed by atoms with Gasteiger partial charge in [0.25, 0.3) is 0 Å². The summed E-state index contributed by atoms with van der Waals surface area (Å²) in [5, 5.41) is 10.7. The zero-order valence-electron chi connectivity index (χ0n) is 16.5. The van der Waals surface area contributed by atoms with Crippen molar-refractivity contribution in [3.8, 4) is 22.6 Å². The van der Waals surface area contributed by atoms with E-state index >= 15 is 0 Å². The Morgan fingerprint density at radius 1 is 1.19 bits per heavy atom. The van der Waals surface area contributed by atoms with Crippen molar-refractivity contribution in [1.29, 1.82) is 0 Å². The molecule has 1 unspecified atom stereocenters. The Labute approximate surface area is 157 Å². The van der Waals surface area contributed by atoms with E-state index in [0.717, 1.165) is 40.8 Å². The summed E-state index contributed by atoms with van der Waals surface area (Å²) in [7, 11) is 0. The van der Waals surface area contributed by atoms with Gasteiger partial charge in [0.1, 0.15) is 17.1 Å². The second-order valence-corrected chi connectivity index (χ2v) is 8.16. The fourth-order valence-corrected chi connectivity index (χ4v) is 3.90. The number of fused-ring (bicyclic) bond motifs is 3. The van der Waals surface area contributed by atoms with E-state index in [1.807, 2.05) is 18.3 Å². The first-order valence-electron chi connectivity index (χ1n) is 9.92. The molecule has 1 aliphatic heterocycles. The van der Waals surface area contributed by atoms with Crippen molar-refractivity contribution in [1.82, 2.24) is 4.98 Å². The third-order valence-electron chi connectivity index (χ3n) is 5.47. The van der Waals surface area contributed by atoms with Gasteiger partial charge in [-0.15, -0.1) is 0 Å². The number of pyridine rings is 1. The first-order chi connectivity index (χ1) is 12.4. The van der Waals surface area contributed by atoms with Crippen LogP contribution in [0.5, 0.6) is 11.5 Å².